The molecular weight excluding hydrogens is 258 g/mol. The molecule has 20 heavy (non-hydrogen) atoms. The molecule has 114 valence electrons. The summed E-state index contributed by atoms with van der Waals surface area (Å²) in [6.45, 7) is 5.68. The van der Waals surface area contributed by atoms with Gasteiger partial charge in [-0.1, -0.05) is 6.92 Å². The number of hydrogen-bond acceptors (Lipinski definition) is 7. The van der Waals surface area contributed by atoms with Gasteiger partial charge in [0.2, 0.25) is 5.95 Å². The second-order valence-electron chi connectivity index (χ2n) is 4.31. The van der Waals surface area contributed by atoms with Crippen molar-refractivity contribution >= 4 is 17.6 Å². The molecule has 0 atom stereocenters. The fourth-order valence-corrected chi connectivity index (χ4v) is 1.54. The van der Waals surface area contributed by atoms with Crippen LogP contribution >= 0.6 is 0 Å². The Morgan fingerprint density at radius 2 is 1.80 bits per heavy atom. The highest BCUT2D eigenvalue weighted by Crippen LogP contribution is 2.12. The Hall–Kier alpha value is -1.60. The molecule has 1 aromatic rings. The van der Waals surface area contributed by atoms with Crippen molar-refractivity contribution in [2.45, 2.75) is 19.8 Å². The monoisotopic (exact) mass is 283 g/mol. The molecule has 0 aliphatic carbocycles. The van der Waals surface area contributed by atoms with Gasteiger partial charge in [-0.05, 0) is 12.8 Å². The highest BCUT2D eigenvalue weighted by Gasteiger charge is 2.01. The smallest absolute Gasteiger partial charge is 0.223 e. The third kappa shape index (κ3) is 7.10. The van der Waals surface area contributed by atoms with Crippen LogP contribution in [0, 0.1) is 0 Å². The third-order valence-corrected chi connectivity index (χ3v) is 2.50. The lowest BCUT2D eigenvalue weighted by Crippen LogP contribution is -2.11. The molecule has 0 aromatic carbocycles. The minimum absolute atomic E-state index is 0.268. The Balaban J connectivity index is 2.26. The van der Waals surface area contributed by atoms with Crippen LogP contribution in [0.5, 0.6) is 0 Å². The molecule has 0 saturated carbocycles. The van der Waals surface area contributed by atoms with E-state index < -0.39 is 0 Å². The predicted octanol–water partition coefficient (Wildman–Crippen LogP) is 1.35. The van der Waals surface area contributed by atoms with Crippen LogP contribution in [0.25, 0.3) is 0 Å². The van der Waals surface area contributed by atoms with Crippen molar-refractivity contribution in [3.05, 3.63) is 6.07 Å². The molecule has 0 amide bonds. The number of nitrogens with zero attached hydrogens (tertiary/aromatic N) is 2. The summed E-state index contributed by atoms with van der Waals surface area (Å²) in [5.74, 6) is 1.75. The maximum absolute atomic E-state index is 5.68. The van der Waals surface area contributed by atoms with Crippen molar-refractivity contribution in [1.29, 1.82) is 0 Å². The minimum Gasteiger partial charge on any atom is -0.382 e. The van der Waals surface area contributed by atoms with E-state index in [0.29, 0.717) is 19.8 Å². The summed E-state index contributed by atoms with van der Waals surface area (Å²) in [6, 6.07) is 1.86. The largest absolute Gasteiger partial charge is 0.382 e. The number of anilines is 3. The molecule has 0 fully saturated rings. The number of rotatable bonds is 11. The quantitative estimate of drug-likeness (QED) is 0.528. The number of nitrogens with two attached hydrogens (primary N) is 1. The van der Waals surface area contributed by atoms with Crippen LogP contribution < -0.4 is 16.4 Å². The molecule has 4 N–H and O–H groups in total. The maximum Gasteiger partial charge on any atom is 0.223 e. The van der Waals surface area contributed by atoms with Crippen LogP contribution in [0.15, 0.2) is 6.07 Å². The van der Waals surface area contributed by atoms with Crippen LogP contribution in [0.1, 0.15) is 19.8 Å². The Kier molecular flexibility index (Phi) is 8.41. The molecule has 7 heteroatoms. The second kappa shape index (κ2) is 10.2. The van der Waals surface area contributed by atoms with Crippen molar-refractivity contribution in [1.82, 2.24) is 9.97 Å². The van der Waals surface area contributed by atoms with Crippen molar-refractivity contribution < 1.29 is 9.47 Å². The third-order valence-electron chi connectivity index (χ3n) is 2.50. The van der Waals surface area contributed by atoms with Gasteiger partial charge in [-0.25, -0.2) is 0 Å². The number of ether oxygens (including phenoxy) is 2. The van der Waals surface area contributed by atoms with Gasteiger partial charge >= 0.3 is 0 Å². The Labute approximate surface area is 120 Å². The van der Waals surface area contributed by atoms with E-state index in [4.69, 9.17) is 15.2 Å². The summed E-state index contributed by atoms with van der Waals surface area (Å²) >= 11 is 0. The van der Waals surface area contributed by atoms with Crippen LogP contribution in [0.3, 0.4) is 0 Å². The molecule has 0 unspecified atom stereocenters. The summed E-state index contributed by atoms with van der Waals surface area (Å²) in [5, 5.41) is 6.40. The minimum atomic E-state index is 0.268. The molecule has 0 bridgehead atoms. The molecule has 0 radical (unpaired) electrons. The van der Waals surface area contributed by atoms with E-state index in [2.05, 4.69) is 27.5 Å². The van der Waals surface area contributed by atoms with Gasteiger partial charge in [-0.15, -0.1) is 0 Å². The highest BCUT2D eigenvalue weighted by molar-refractivity contribution is 5.50. The maximum atomic E-state index is 5.68. The number of nitrogens with one attached hydrogen (secondary N) is 2. The van der Waals surface area contributed by atoms with Crippen LogP contribution in [0.2, 0.25) is 0 Å². The predicted molar refractivity (Wildman–Crippen MR) is 81.0 cm³/mol. The average molecular weight is 283 g/mol. The van der Waals surface area contributed by atoms with Crippen molar-refractivity contribution in [3.8, 4) is 0 Å². The fourth-order valence-electron chi connectivity index (χ4n) is 1.54. The molecule has 1 rings (SSSR count). The number of hydrogen-bond donors (Lipinski definition) is 3. The van der Waals surface area contributed by atoms with E-state index >= 15 is 0 Å². The van der Waals surface area contributed by atoms with Crippen LogP contribution in [0.4, 0.5) is 17.6 Å². The van der Waals surface area contributed by atoms with Crippen LogP contribution in [-0.4, -0.2) is 50.0 Å². The average Bonchev–Trinajstić information content (AvgIpc) is 2.43. The second-order valence-corrected chi connectivity index (χ2v) is 4.31. The molecular formula is C13H25N5O2. The number of aromatic nitrogens is 2. The van der Waals surface area contributed by atoms with Gasteiger partial charge in [0.1, 0.15) is 11.6 Å². The molecule has 7 nitrogen and oxygen atoms in total. The van der Waals surface area contributed by atoms with Crippen molar-refractivity contribution in [2.24, 2.45) is 0 Å². The lowest BCUT2D eigenvalue weighted by molar-refractivity contribution is 0.0705. The van der Waals surface area contributed by atoms with Gasteiger partial charge in [0.15, 0.2) is 0 Å². The van der Waals surface area contributed by atoms with Gasteiger partial charge < -0.3 is 25.8 Å². The Morgan fingerprint density at radius 3 is 2.45 bits per heavy atom. The standard InChI is InChI=1S/C13H25N5O2/c1-3-5-15-11-10-12(18-13(14)17-11)16-6-4-7-20-9-8-19-2/h10H,3-9H2,1-2H3,(H4,14,15,16,17,18). The fraction of sp³-hybridized carbons (Fsp3) is 0.692. The lowest BCUT2D eigenvalue weighted by Gasteiger charge is -2.09. The zero-order valence-electron chi connectivity index (χ0n) is 12.3. The number of nitrogen functional groups attached to an aromatic ring is 1. The summed E-state index contributed by atoms with van der Waals surface area (Å²) in [6.07, 6.45) is 1.93. The van der Waals surface area contributed by atoms with Crippen molar-refractivity contribution in [3.63, 3.8) is 0 Å². The van der Waals surface area contributed by atoms with E-state index in [1.165, 1.54) is 0 Å². The van der Waals surface area contributed by atoms with Gasteiger partial charge in [-0.2, -0.15) is 9.97 Å². The van der Waals surface area contributed by atoms with Gasteiger partial charge in [-0.3, -0.25) is 0 Å². The highest BCUT2D eigenvalue weighted by atomic mass is 16.5. The first-order chi connectivity index (χ1) is 9.76. The first-order valence-corrected chi connectivity index (χ1v) is 6.95. The van der Waals surface area contributed by atoms with Crippen molar-refractivity contribution in [2.75, 3.05) is 56.4 Å². The molecule has 0 spiro atoms. The van der Waals surface area contributed by atoms with E-state index in [9.17, 15) is 0 Å². The summed E-state index contributed by atoms with van der Waals surface area (Å²) in [4.78, 5) is 8.27. The van der Waals surface area contributed by atoms with Gasteiger partial charge in [0.25, 0.3) is 0 Å². The van der Waals surface area contributed by atoms with E-state index in [0.717, 1.165) is 37.6 Å². The zero-order chi connectivity index (χ0) is 14.6. The molecule has 0 aliphatic heterocycles. The van der Waals surface area contributed by atoms with Gasteiger partial charge in [0, 0.05) is 32.9 Å². The molecule has 1 aromatic heterocycles. The summed E-state index contributed by atoms with van der Waals surface area (Å²) in [7, 11) is 1.66. The topological polar surface area (TPSA) is 94.3 Å². The molecule has 1 heterocycles. The number of methoxy groups -OCH3 is 1. The van der Waals surface area contributed by atoms with E-state index in [1.807, 2.05) is 6.07 Å². The SMILES string of the molecule is CCCNc1cc(NCCCOCCOC)nc(N)n1. The lowest BCUT2D eigenvalue weighted by atomic mass is 10.4. The molecule has 0 aliphatic rings. The first kappa shape index (κ1) is 16.5. The normalized spacial score (nSPS) is 10.5. The van der Waals surface area contributed by atoms with Gasteiger partial charge in [0.05, 0.1) is 13.2 Å². The first-order valence-electron chi connectivity index (χ1n) is 6.95. The molecule has 0 saturated heterocycles. The summed E-state index contributed by atoms with van der Waals surface area (Å²) < 4.78 is 10.3. The van der Waals surface area contributed by atoms with E-state index in [1.54, 1.807) is 7.11 Å². The van der Waals surface area contributed by atoms with Crippen LogP contribution in [-0.2, 0) is 9.47 Å². The van der Waals surface area contributed by atoms with E-state index in [-0.39, 0.29) is 5.95 Å². The Bertz CT molecular complexity index is 376. The Morgan fingerprint density at radius 1 is 1.10 bits per heavy atom. The zero-order valence-corrected chi connectivity index (χ0v) is 12.3. The summed E-state index contributed by atoms with van der Waals surface area (Å²) in [5.41, 5.74) is 5.68.